The molecule has 0 spiro atoms. The first-order valence-corrected chi connectivity index (χ1v) is 7.62. The Bertz CT molecular complexity index is 477. The number of hydrogen-bond acceptors (Lipinski definition) is 4. The molecule has 0 atom stereocenters. The molecule has 2 aliphatic heterocycles. The maximum atomic E-state index is 11.9. The smallest absolute Gasteiger partial charge is 0.224 e. The number of piperazine rings is 1. The molecule has 2 heterocycles. The van der Waals surface area contributed by atoms with Crippen LogP contribution in [0.2, 0.25) is 0 Å². The van der Waals surface area contributed by atoms with Crippen molar-refractivity contribution in [2.75, 3.05) is 56.7 Å². The summed E-state index contributed by atoms with van der Waals surface area (Å²) in [5.74, 6) is 0.477. The van der Waals surface area contributed by atoms with Gasteiger partial charge in [0.05, 0.1) is 13.2 Å². The van der Waals surface area contributed by atoms with Gasteiger partial charge in [-0.2, -0.15) is 0 Å². The Kier molecular flexibility index (Phi) is 4.41. The van der Waals surface area contributed by atoms with Crippen LogP contribution in [-0.4, -0.2) is 57.2 Å². The van der Waals surface area contributed by atoms with E-state index in [-0.39, 0.29) is 5.91 Å². The van der Waals surface area contributed by atoms with E-state index >= 15 is 0 Å². The molecular weight excluding hydrogens is 266 g/mol. The Hall–Kier alpha value is -1.59. The van der Waals surface area contributed by atoms with Crippen LogP contribution in [0.15, 0.2) is 24.3 Å². The predicted octanol–water partition coefficient (Wildman–Crippen LogP) is 1.41. The highest BCUT2D eigenvalue weighted by Crippen LogP contribution is 2.20. The number of carbonyl (C=O) groups is 1. The molecule has 0 aliphatic carbocycles. The standard InChI is InChI=1S/C16H23N3O2/c1-18-6-8-19(9-7-18)15-4-2-14(3-5-15)17-16(20)10-13-11-21-12-13/h2-5,13H,6-12H2,1H3,(H,17,20). The van der Waals surface area contributed by atoms with Crippen LogP contribution < -0.4 is 10.2 Å². The van der Waals surface area contributed by atoms with Gasteiger partial charge in [0, 0.05) is 49.9 Å². The molecule has 1 amide bonds. The lowest BCUT2D eigenvalue weighted by molar-refractivity contribution is -0.121. The third-order valence-corrected chi connectivity index (χ3v) is 4.20. The van der Waals surface area contributed by atoms with Gasteiger partial charge in [0.1, 0.15) is 0 Å². The highest BCUT2D eigenvalue weighted by Gasteiger charge is 2.21. The van der Waals surface area contributed by atoms with E-state index in [9.17, 15) is 4.79 Å². The summed E-state index contributed by atoms with van der Waals surface area (Å²) in [7, 11) is 2.16. The Morgan fingerprint density at radius 1 is 1.19 bits per heavy atom. The highest BCUT2D eigenvalue weighted by atomic mass is 16.5. The molecule has 2 fully saturated rings. The van der Waals surface area contributed by atoms with Crippen molar-refractivity contribution < 1.29 is 9.53 Å². The van der Waals surface area contributed by atoms with Gasteiger partial charge < -0.3 is 19.9 Å². The zero-order valence-corrected chi connectivity index (χ0v) is 12.5. The number of anilines is 2. The first-order chi connectivity index (χ1) is 10.2. The fraction of sp³-hybridized carbons (Fsp3) is 0.562. The zero-order valence-electron chi connectivity index (χ0n) is 12.5. The molecule has 5 nitrogen and oxygen atoms in total. The van der Waals surface area contributed by atoms with E-state index in [0.29, 0.717) is 12.3 Å². The lowest BCUT2D eigenvalue weighted by Gasteiger charge is -2.34. The molecule has 2 saturated heterocycles. The maximum Gasteiger partial charge on any atom is 0.224 e. The van der Waals surface area contributed by atoms with Crippen LogP contribution >= 0.6 is 0 Å². The van der Waals surface area contributed by atoms with Gasteiger partial charge in [0.25, 0.3) is 0 Å². The number of hydrogen-bond donors (Lipinski definition) is 1. The average molecular weight is 289 g/mol. The lowest BCUT2D eigenvalue weighted by atomic mass is 10.0. The SMILES string of the molecule is CN1CCN(c2ccc(NC(=O)CC3COC3)cc2)CC1. The first-order valence-electron chi connectivity index (χ1n) is 7.62. The summed E-state index contributed by atoms with van der Waals surface area (Å²) in [6.45, 7) is 5.75. The topological polar surface area (TPSA) is 44.8 Å². The van der Waals surface area contributed by atoms with Crippen LogP contribution in [0, 0.1) is 5.92 Å². The molecule has 3 rings (SSSR count). The van der Waals surface area contributed by atoms with Gasteiger partial charge in [0.15, 0.2) is 0 Å². The number of nitrogens with one attached hydrogen (secondary N) is 1. The van der Waals surface area contributed by atoms with E-state index in [1.54, 1.807) is 0 Å². The third-order valence-electron chi connectivity index (χ3n) is 4.20. The molecule has 0 bridgehead atoms. The summed E-state index contributed by atoms with van der Waals surface area (Å²) in [5, 5.41) is 2.96. The van der Waals surface area contributed by atoms with E-state index < -0.39 is 0 Å². The summed E-state index contributed by atoms with van der Waals surface area (Å²) >= 11 is 0. The number of likely N-dealkylation sites (N-methyl/N-ethyl adjacent to an activating group) is 1. The van der Waals surface area contributed by atoms with Crippen LogP contribution in [0.4, 0.5) is 11.4 Å². The van der Waals surface area contributed by atoms with E-state index in [0.717, 1.165) is 45.1 Å². The molecular formula is C16H23N3O2. The lowest BCUT2D eigenvalue weighted by Crippen LogP contribution is -2.44. The number of ether oxygens (including phenoxy) is 1. The molecule has 5 heteroatoms. The second-order valence-corrected chi connectivity index (χ2v) is 5.99. The van der Waals surface area contributed by atoms with E-state index in [2.05, 4.69) is 34.3 Å². The van der Waals surface area contributed by atoms with Gasteiger partial charge >= 0.3 is 0 Å². The van der Waals surface area contributed by atoms with Gasteiger partial charge in [-0.05, 0) is 31.3 Å². The Labute approximate surface area is 125 Å². The number of carbonyl (C=O) groups excluding carboxylic acids is 1. The molecule has 1 N–H and O–H groups in total. The third kappa shape index (κ3) is 3.74. The average Bonchev–Trinajstić information content (AvgIpc) is 2.45. The second-order valence-electron chi connectivity index (χ2n) is 5.99. The molecule has 114 valence electrons. The fourth-order valence-corrected chi connectivity index (χ4v) is 2.70. The van der Waals surface area contributed by atoms with Gasteiger partial charge in [0.2, 0.25) is 5.91 Å². The first kappa shape index (κ1) is 14.4. The molecule has 0 saturated carbocycles. The largest absolute Gasteiger partial charge is 0.381 e. The van der Waals surface area contributed by atoms with E-state index in [4.69, 9.17) is 4.74 Å². The van der Waals surface area contributed by atoms with Crippen molar-refractivity contribution in [2.24, 2.45) is 5.92 Å². The molecule has 0 radical (unpaired) electrons. The van der Waals surface area contributed by atoms with Crippen molar-refractivity contribution >= 4 is 17.3 Å². The monoisotopic (exact) mass is 289 g/mol. The predicted molar refractivity (Wildman–Crippen MR) is 83.7 cm³/mol. The van der Waals surface area contributed by atoms with E-state index in [1.165, 1.54) is 5.69 Å². The molecule has 1 aromatic rings. The Balaban J connectivity index is 1.52. The normalized spacial score (nSPS) is 20.1. The van der Waals surface area contributed by atoms with Crippen molar-refractivity contribution in [2.45, 2.75) is 6.42 Å². The molecule has 2 aliphatic rings. The zero-order chi connectivity index (χ0) is 14.7. The van der Waals surface area contributed by atoms with Crippen LogP contribution in [0.5, 0.6) is 0 Å². The Morgan fingerprint density at radius 3 is 2.43 bits per heavy atom. The minimum absolute atomic E-state index is 0.0793. The van der Waals surface area contributed by atoms with Crippen molar-refractivity contribution in [3.05, 3.63) is 24.3 Å². The minimum atomic E-state index is 0.0793. The van der Waals surface area contributed by atoms with Crippen LogP contribution in [-0.2, 0) is 9.53 Å². The maximum absolute atomic E-state index is 11.9. The van der Waals surface area contributed by atoms with E-state index in [1.807, 2.05) is 12.1 Å². The fourth-order valence-electron chi connectivity index (χ4n) is 2.70. The van der Waals surface area contributed by atoms with Gasteiger partial charge in [-0.1, -0.05) is 0 Å². The number of rotatable bonds is 4. The Morgan fingerprint density at radius 2 is 1.86 bits per heavy atom. The van der Waals surface area contributed by atoms with Crippen molar-refractivity contribution in [3.63, 3.8) is 0 Å². The van der Waals surface area contributed by atoms with Crippen molar-refractivity contribution in [1.29, 1.82) is 0 Å². The number of benzene rings is 1. The van der Waals surface area contributed by atoms with Crippen molar-refractivity contribution in [1.82, 2.24) is 4.90 Å². The van der Waals surface area contributed by atoms with Crippen LogP contribution in [0.25, 0.3) is 0 Å². The second kappa shape index (κ2) is 6.45. The number of nitrogens with zero attached hydrogens (tertiary/aromatic N) is 2. The summed E-state index contributed by atoms with van der Waals surface area (Å²) in [5.41, 5.74) is 2.10. The molecule has 0 aromatic heterocycles. The van der Waals surface area contributed by atoms with Crippen LogP contribution in [0.1, 0.15) is 6.42 Å². The van der Waals surface area contributed by atoms with Gasteiger partial charge in [-0.3, -0.25) is 4.79 Å². The molecule has 21 heavy (non-hydrogen) atoms. The van der Waals surface area contributed by atoms with Gasteiger partial charge in [-0.15, -0.1) is 0 Å². The van der Waals surface area contributed by atoms with Crippen molar-refractivity contribution in [3.8, 4) is 0 Å². The molecule has 1 aromatic carbocycles. The van der Waals surface area contributed by atoms with Gasteiger partial charge in [-0.25, -0.2) is 0 Å². The summed E-state index contributed by atoms with van der Waals surface area (Å²) in [4.78, 5) is 16.6. The summed E-state index contributed by atoms with van der Waals surface area (Å²) < 4.78 is 5.09. The highest BCUT2D eigenvalue weighted by molar-refractivity contribution is 5.91. The number of amides is 1. The summed E-state index contributed by atoms with van der Waals surface area (Å²) in [6.07, 6.45) is 0.556. The minimum Gasteiger partial charge on any atom is -0.381 e. The van der Waals surface area contributed by atoms with Crippen LogP contribution in [0.3, 0.4) is 0 Å². The summed E-state index contributed by atoms with van der Waals surface area (Å²) in [6, 6.07) is 8.16. The molecule has 0 unspecified atom stereocenters. The quantitative estimate of drug-likeness (QED) is 0.910.